The van der Waals surface area contributed by atoms with Gasteiger partial charge in [0.05, 0.1) is 10.5 Å². The highest BCUT2D eigenvalue weighted by atomic mass is 16.6. The van der Waals surface area contributed by atoms with Crippen LogP contribution < -0.4 is 4.90 Å². The molecule has 3 rings (SSSR count). The number of nitrogens with zero attached hydrogens (tertiary/aromatic N) is 3. The second-order valence-corrected chi connectivity index (χ2v) is 7.56. The number of anilines is 1. The van der Waals surface area contributed by atoms with E-state index < -0.39 is 16.9 Å². The smallest absolute Gasteiger partial charge is 0.335 e. The van der Waals surface area contributed by atoms with Gasteiger partial charge in [-0.15, -0.1) is 0 Å². The van der Waals surface area contributed by atoms with Crippen molar-refractivity contribution in [2.24, 2.45) is 5.92 Å². The molecule has 1 amide bonds. The van der Waals surface area contributed by atoms with E-state index in [4.69, 9.17) is 0 Å². The van der Waals surface area contributed by atoms with Crippen molar-refractivity contribution >= 4 is 23.3 Å². The van der Waals surface area contributed by atoms with Crippen LogP contribution in [0.25, 0.3) is 0 Å². The molecule has 2 aromatic rings. The fraction of sp³-hybridized carbons (Fsp3) is 0.273. The molecule has 0 radical (unpaired) electrons. The number of hydrogen-bond donors (Lipinski definition) is 1. The van der Waals surface area contributed by atoms with E-state index in [1.165, 1.54) is 12.1 Å². The summed E-state index contributed by atoms with van der Waals surface area (Å²) in [5, 5.41) is 20.9. The largest absolute Gasteiger partial charge is 0.478 e. The van der Waals surface area contributed by atoms with Crippen molar-refractivity contribution in [1.29, 1.82) is 0 Å². The highest BCUT2D eigenvalue weighted by Crippen LogP contribution is 2.34. The molecule has 1 aliphatic rings. The van der Waals surface area contributed by atoms with Crippen LogP contribution in [0.3, 0.4) is 0 Å². The minimum atomic E-state index is -1.25. The van der Waals surface area contributed by atoms with Crippen LogP contribution in [-0.4, -0.2) is 39.4 Å². The molecule has 0 aliphatic carbocycles. The number of carbonyl (C=O) groups excluding carboxylic acids is 1. The molecule has 0 unspecified atom stereocenters. The standard InChI is InChI=1S/C22H23N3O5/c1-15(2)14-23-10-11-24(20(21(23)26)12-16-6-4-3-5-7-16)18-9-8-17(22(27)28)13-19(18)25(29)30/h3-11,13,15,20H,12,14H2,1-2H3,(H,27,28)/t20-/m0/s1. The SMILES string of the molecule is CC(C)CN1C=CN(c2ccc(C(=O)O)cc2[N+](=O)[O-])[C@@H](Cc2ccccc2)C1=O. The van der Waals surface area contributed by atoms with Gasteiger partial charge in [-0.25, -0.2) is 4.79 Å². The van der Waals surface area contributed by atoms with Crippen molar-refractivity contribution < 1.29 is 19.6 Å². The normalized spacial score (nSPS) is 16.2. The number of nitro benzene ring substituents is 1. The summed E-state index contributed by atoms with van der Waals surface area (Å²) in [5.74, 6) is -1.16. The van der Waals surface area contributed by atoms with Gasteiger partial charge in [-0.05, 0) is 23.6 Å². The molecule has 2 aromatic carbocycles. The zero-order valence-corrected chi connectivity index (χ0v) is 16.8. The topological polar surface area (TPSA) is 104 Å². The summed E-state index contributed by atoms with van der Waals surface area (Å²) >= 11 is 0. The molecule has 1 N–H and O–H groups in total. The molecule has 1 aliphatic heterocycles. The molecular formula is C22H23N3O5. The summed E-state index contributed by atoms with van der Waals surface area (Å²) in [6, 6.07) is 12.5. The van der Waals surface area contributed by atoms with E-state index in [0.717, 1.165) is 11.6 Å². The van der Waals surface area contributed by atoms with Crippen LogP contribution in [0.5, 0.6) is 0 Å². The molecule has 0 saturated carbocycles. The first-order valence-electron chi connectivity index (χ1n) is 9.60. The summed E-state index contributed by atoms with van der Waals surface area (Å²) in [4.78, 5) is 38.8. The summed E-state index contributed by atoms with van der Waals surface area (Å²) in [6.45, 7) is 4.55. The van der Waals surface area contributed by atoms with Crippen LogP contribution >= 0.6 is 0 Å². The first-order valence-corrected chi connectivity index (χ1v) is 9.60. The molecule has 0 bridgehead atoms. The van der Waals surface area contributed by atoms with Gasteiger partial charge in [0.25, 0.3) is 5.69 Å². The van der Waals surface area contributed by atoms with Crippen LogP contribution in [0.1, 0.15) is 29.8 Å². The van der Waals surface area contributed by atoms with E-state index in [-0.39, 0.29) is 28.8 Å². The zero-order valence-electron chi connectivity index (χ0n) is 16.8. The lowest BCUT2D eigenvalue weighted by atomic mass is 10.0. The fourth-order valence-corrected chi connectivity index (χ4v) is 3.48. The monoisotopic (exact) mass is 409 g/mol. The number of aromatic carboxylic acids is 1. The number of carbonyl (C=O) groups is 2. The molecule has 0 fully saturated rings. The third-order valence-electron chi connectivity index (χ3n) is 4.84. The third-order valence-corrected chi connectivity index (χ3v) is 4.84. The number of benzene rings is 2. The Morgan fingerprint density at radius 1 is 1.17 bits per heavy atom. The minimum absolute atomic E-state index is 0.160. The van der Waals surface area contributed by atoms with Crippen LogP contribution in [0, 0.1) is 16.0 Å². The Balaban J connectivity index is 2.07. The molecule has 1 atom stereocenters. The van der Waals surface area contributed by atoms with Gasteiger partial charge in [0.15, 0.2) is 0 Å². The molecular weight excluding hydrogens is 386 g/mol. The van der Waals surface area contributed by atoms with Crippen molar-refractivity contribution in [1.82, 2.24) is 4.90 Å². The Morgan fingerprint density at radius 2 is 1.87 bits per heavy atom. The highest BCUT2D eigenvalue weighted by Gasteiger charge is 2.35. The van der Waals surface area contributed by atoms with E-state index >= 15 is 0 Å². The Morgan fingerprint density at radius 3 is 2.47 bits per heavy atom. The molecule has 1 heterocycles. The van der Waals surface area contributed by atoms with Crippen LogP contribution in [-0.2, 0) is 11.2 Å². The van der Waals surface area contributed by atoms with Gasteiger partial charge in [-0.3, -0.25) is 14.9 Å². The number of nitro groups is 1. The van der Waals surface area contributed by atoms with Crippen LogP contribution in [0.15, 0.2) is 60.9 Å². The number of rotatable bonds is 7. The number of hydrogen-bond acceptors (Lipinski definition) is 5. The maximum Gasteiger partial charge on any atom is 0.335 e. The van der Waals surface area contributed by atoms with Gasteiger partial charge in [0.2, 0.25) is 5.91 Å². The molecule has 156 valence electrons. The summed E-state index contributed by atoms with van der Waals surface area (Å²) in [5.41, 5.74) is 0.562. The second-order valence-electron chi connectivity index (χ2n) is 7.56. The third kappa shape index (κ3) is 4.48. The number of carboxylic acid groups (broad SMARTS) is 1. The Labute approximate surface area is 174 Å². The van der Waals surface area contributed by atoms with E-state index in [0.29, 0.717) is 13.0 Å². The van der Waals surface area contributed by atoms with Gasteiger partial charge in [0, 0.05) is 31.4 Å². The highest BCUT2D eigenvalue weighted by molar-refractivity contribution is 5.92. The lowest BCUT2D eigenvalue weighted by Gasteiger charge is -2.37. The first kappa shape index (κ1) is 21.0. The molecule has 8 heteroatoms. The molecule has 0 aromatic heterocycles. The Hall–Kier alpha value is -3.68. The molecule has 0 saturated heterocycles. The lowest BCUT2D eigenvalue weighted by molar-refractivity contribution is -0.384. The Kier molecular flexibility index (Phi) is 6.15. The van der Waals surface area contributed by atoms with Crippen molar-refractivity contribution in [3.63, 3.8) is 0 Å². The van der Waals surface area contributed by atoms with E-state index in [2.05, 4.69) is 0 Å². The van der Waals surface area contributed by atoms with E-state index in [9.17, 15) is 24.8 Å². The van der Waals surface area contributed by atoms with Gasteiger partial charge in [-0.2, -0.15) is 0 Å². The van der Waals surface area contributed by atoms with Crippen molar-refractivity contribution in [3.8, 4) is 0 Å². The molecule has 8 nitrogen and oxygen atoms in total. The van der Waals surface area contributed by atoms with Gasteiger partial charge in [-0.1, -0.05) is 44.2 Å². The van der Waals surface area contributed by atoms with Crippen molar-refractivity contribution in [2.45, 2.75) is 26.3 Å². The lowest BCUT2D eigenvalue weighted by Crippen LogP contribution is -2.50. The minimum Gasteiger partial charge on any atom is -0.478 e. The average Bonchev–Trinajstić information content (AvgIpc) is 2.71. The summed E-state index contributed by atoms with van der Waals surface area (Å²) in [7, 11) is 0. The van der Waals surface area contributed by atoms with Crippen molar-refractivity contribution in [3.05, 3.63) is 82.2 Å². The van der Waals surface area contributed by atoms with Gasteiger partial charge in [0.1, 0.15) is 11.7 Å². The van der Waals surface area contributed by atoms with Gasteiger partial charge >= 0.3 is 5.97 Å². The zero-order chi connectivity index (χ0) is 21.8. The molecule has 0 spiro atoms. The fourth-order valence-electron chi connectivity index (χ4n) is 3.48. The first-order chi connectivity index (χ1) is 14.3. The predicted octanol–water partition coefficient (Wildman–Crippen LogP) is 3.68. The summed E-state index contributed by atoms with van der Waals surface area (Å²) in [6.07, 6.45) is 3.63. The van der Waals surface area contributed by atoms with E-state index in [1.54, 1.807) is 22.2 Å². The summed E-state index contributed by atoms with van der Waals surface area (Å²) < 4.78 is 0. The maximum absolute atomic E-state index is 13.3. The van der Waals surface area contributed by atoms with Crippen molar-refractivity contribution in [2.75, 3.05) is 11.4 Å². The van der Waals surface area contributed by atoms with Crippen LogP contribution in [0.2, 0.25) is 0 Å². The predicted molar refractivity (Wildman–Crippen MR) is 112 cm³/mol. The quantitative estimate of drug-likeness (QED) is 0.553. The second kappa shape index (κ2) is 8.77. The van der Waals surface area contributed by atoms with Gasteiger partial charge < -0.3 is 14.9 Å². The average molecular weight is 409 g/mol. The molecule has 30 heavy (non-hydrogen) atoms. The van der Waals surface area contributed by atoms with Crippen LogP contribution in [0.4, 0.5) is 11.4 Å². The number of carboxylic acids is 1. The van der Waals surface area contributed by atoms with E-state index in [1.807, 2.05) is 44.2 Å². The maximum atomic E-state index is 13.3. The Bertz CT molecular complexity index is 988. The number of amides is 1.